The standard InChI is InChI=1S/C45H53N5O4SSi/c1-43(2,3)56(5,6)54-44(4)30-49-41(53-31-44)39(29-47-49)55(46,52)50(42(51)48-40-37-26-16-18-32(37)28-33-19-17-27-38(33)40)45(34-20-10-7-11-21-34,35-22-12-8-13-23-35)36-24-14-9-15-25-36/h7-15,20-25,28-29,46H,16-19,26-27,30-31H2,1-6H3,(H,48,51). The topological polar surface area (TPSA) is 110 Å². The Morgan fingerprint density at radius 1 is 0.875 bits per heavy atom. The van der Waals surface area contributed by atoms with Crippen molar-refractivity contribution in [1.29, 1.82) is 4.78 Å². The molecule has 0 fully saturated rings. The predicted octanol–water partition coefficient (Wildman–Crippen LogP) is 9.88. The minimum absolute atomic E-state index is 0.0242. The molecule has 4 aromatic carbocycles. The minimum Gasteiger partial charge on any atom is -0.474 e. The molecular weight excluding hydrogens is 735 g/mol. The number of ether oxygens (including phenoxy) is 1. The maximum atomic E-state index is 16.2. The molecule has 3 aliphatic rings. The molecule has 1 aromatic heterocycles. The van der Waals surface area contributed by atoms with Crippen LogP contribution in [0.15, 0.2) is 108 Å². The molecule has 0 saturated carbocycles. The zero-order valence-electron chi connectivity index (χ0n) is 33.4. The second-order valence-electron chi connectivity index (χ2n) is 17.4. The summed E-state index contributed by atoms with van der Waals surface area (Å²) in [7, 11) is -6.48. The average molecular weight is 788 g/mol. The van der Waals surface area contributed by atoms with E-state index in [2.05, 4.69) is 45.2 Å². The van der Waals surface area contributed by atoms with Gasteiger partial charge in [0.25, 0.3) is 0 Å². The molecule has 0 saturated heterocycles. The van der Waals surface area contributed by atoms with Crippen LogP contribution in [0.2, 0.25) is 18.1 Å². The Hall–Kier alpha value is -4.71. The van der Waals surface area contributed by atoms with Crippen molar-refractivity contribution in [2.45, 2.75) is 107 Å². The van der Waals surface area contributed by atoms with Gasteiger partial charge in [0, 0.05) is 5.69 Å². The second-order valence-corrected chi connectivity index (χ2v) is 23.9. The fourth-order valence-corrected chi connectivity index (χ4v) is 12.2. The van der Waals surface area contributed by atoms with Crippen LogP contribution in [0.1, 0.15) is 79.5 Å². The highest BCUT2D eigenvalue weighted by molar-refractivity contribution is 7.90. The van der Waals surface area contributed by atoms with E-state index in [1.807, 2.05) is 97.9 Å². The van der Waals surface area contributed by atoms with Gasteiger partial charge in [0.15, 0.2) is 18.2 Å². The van der Waals surface area contributed by atoms with Crippen LogP contribution in [0.25, 0.3) is 0 Å². The summed E-state index contributed by atoms with van der Waals surface area (Å²) in [5.74, 6) is 0.212. The molecule has 2 heterocycles. The molecule has 1 aliphatic heterocycles. The third-order valence-corrected chi connectivity index (χ3v) is 18.8. The molecular formula is C45H53N5O4SSi. The highest BCUT2D eigenvalue weighted by Crippen LogP contribution is 2.49. The van der Waals surface area contributed by atoms with Crippen molar-refractivity contribution in [3.05, 3.63) is 142 Å². The Labute approximate surface area is 332 Å². The number of aromatic nitrogens is 2. The summed E-state index contributed by atoms with van der Waals surface area (Å²) in [6.07, 6.45) is 7.12. The van der Waals surface area contributed by atoms with Crippen molar-refractivity contribution < 1.29 is 18.2 Å². The van der Waals surface area contributed by atoms with Crippen molar-refractivity contribution in [3.63, 3.8) is 0 Å². The van der Waals surface area contributed by atoms with Crippen LogP contribution >= 0.6 is 0 Å². The largest absolute Gasteiger partial charge is 0.474 e. The SMILES string of the molecule is CC1(O[Si](C)(C)C(C)(C)C)COc2c(S(=N)(=O)N(C(=O)Nc3c4c(cc5c3CCC5)CCC4)C(c3ccccc3)(c3ccccc3)c3ccccc3)cnn2C1. The Morgan fingerprint density at radius 3 is 1.86 bits per heavy atom. The van der Waals surface area contributed by atoms with Gasteiger partial charge in [0.2, 0.25) is 5.88 Å². The van der Waals surface area contributed by atoms with Crippen LogP contribution in [-0.4, -0.2) is 44.9 Å². The van der Waals surface area contributed by atoms with E-state index in [4.69, 9.17) is 14.3 Å². The number of rotatable bonds is 9. The van der Waals surface area contributed by atoms with Crippen LogP contribution in [0.3, 0.4) is 0 Å². The molecule has 2 unspecified atom stereocenters. The summed E-state index contributed by atoms with van der Waals surface area (Å²) in [6.45, 7) is 13.6. The van der Waals surface area contributed by atoms with Crippen LogP contribution in [-0.2, 0) is 52.1 Å². The smallest absolute Gasteiger partial charge is 0.336 e. The normalized spacial score (nSPS) is 19.0. The summed E-state index contributed by atoms with van der Waals surface area (Å²) < 4.78 is 42.8. The summed E-state index contributed by atoms with van der Waals surface area (Å²) in [5.41, 5.74) is 5.47. The van der Waals surface area contributed by atoms with Crippen molar-refractivity contribution in [2.24, 2.45) is 0 Å². The van der Waals surface area contributed by atoms with E-state index in [1.165, 1.54) is 21.6 Å². The van der Waals surface area contributed by atoms with Gasteiger partial charge in [-0.15, -0.1) is 0 Å². The number of nitrogens with one attached hydrogen (secondary N) is 2. The fourth-order valence-electron chi connectivity index (χ4n) is 8.79. The van der Waals surface area contributed by atoms with Gasteiger partial charge in [-0.1, -0.05) is 118 Å². The molecule has 292 valence electrons. The summed E-state index contributed by atoms with van der Waals surface area (Å²) in [5, 5.41) is 8.04. The molecule has 11 heteroatoms. The van der Waals surface area contributed by atoms with E-state index < -0.39 is 35.4 Å². The quantitative estimate of drug-likeness (QED) is 0.114. The summed E-state index contributed by atoms with van der Waals surface area (Å²) in [4.78, 5) is 15.8. The number of hydrogen-bond acceptors (Lipinski definition) is 6. The number of amides is 2. The van der Waals surface area contributed by atoms with E-state index in [-0.39, 0.29) is 22.4 Å². The molecule has 2 amide bonds. The summed E-state index contributed by atoms with van der Waals surface area (Å²) in [6, 6.07) is 30.7. The van der Waals surface area contributed by atoms with Gasteiger partial charge in [-0.2, -0.15) is 5.10 Å². The molecule has 9 nitrogen and oxygen atoms in total. The molecule has 0 bridgehead atoms. The number of urea groups is 1. The van der Waals surface area contributed by atoms with Gasteiger partial charge in [-0.05, 0) is 103 Å². The van der Waals surface area contributed by atoms with Crippen LogP contribution in [0, 0.1) is 4.78 Å². The number of hydrogen-bond donors (Lipinski definition) is 2. The molecule has 2 atom stereocenters. The maximum absolute atomic E-state index is 16.2. The maximum Gasteiger partial charge on any atom is 0.336 e. The number of anilines is 1. The number of fused-ring (bicyclic) bond motifs is 3. The molecule has 8 rings (SSSR count). The zero-order chi connectivity index (χ0) is 39.5. The Kier molecular flexibility index (Phi) is 9.57. The van der Waals surface area contributed by atoms with E-state index in [0.717, 1.165) is 55.3 Å². The van der Waals surface area contributed by atoms with Crippen LogP contribution < -0.4 is 10.1 Å². The molecule has 2 N–H and O–H groups in total. The first-order valence-corrected chi connectivity index (χ1v) is 24.2. The van der Waals surface area contributed by atoms with Gasteiger partial charge in [-0.3, -0.25) is 0 Å². The number of nitrogens with zero attached hydrogens (tertiary/aromatic N) is 3. The molecule has 5 aromatic rings. The first-order valence-electron chi connectivity index (χ1n) is 19.8. The summed E-state index contributed by atoms with van der Waals surface area (Å²) >= 11 is 0. The number of carbonyl (C=O) groups is 1. The Balaban J connectivity index is 1.34. The molecule has 0 spiro atoms. The van der Waals surface area contributed by atoms with E-state index in [1.54, 1.807) is 4.68 Å². The number of aryl methyl sites for hydroxylation is 2. The van der Waals surface area contributed by atoms with Crippen LogP contribution in [0.4, 0.5) is 10.5 Å². The van der Waals surface area contributed by atoms with E-state index in [0.29, 0.717) is 23.2 Å². The first kappa shape index (κ1) is 38.2. The predicted molar refractivity (Wildman–Crippen MR) is 224 cm³/mol. The molecule has 56 heavy (non-hydrogen) atoms. The average Bonchev–Trinajstić information content (AvgIpc) is 3.94. The van der Waals surface area contributed by atoms with Gasteiger partial charge in [0.1, 0.15) is 22.6 Å². The highest BCUT2D eigenvalue weighted by atomic mass is 32.2. The van der Waals surface area contributed by atoms with Crippen molar-refractivity contribution in [1.82, 2.24) is 14.1 Å². The zero-order valence-corrected chi connectivity index (χ0v) is 35.2. The first-order chi connectivity index (χ1) is 26.7. The molecule has 0 radical (unpaired) electrons. The van der Waals surface area contributed by atoms with E-state index >= 15 is 9.00 Å². The van der Waals surface area contributed by atoms with Gasteiger partial charge in [-0.25, -0.2) is 22.8 Å². The lowest BCUT2D eigenvalue weighted by molar-refractivity contribution is -0.0219. The lowest BCUT2D eigenvalue weighted by Gasteiger charge is -2.46. The number of benzene rings is 4. The Bertz CT molecular complexity index is 2250. The van der Waals surface area contributed by atoms with Crippen molar-refractivity contribution in [2.75, 3.05) is 11.9 Å². The van der Waals surface area contributed by atoms with Gasteiger partial charge < -0.3 is 14.5 Å². The minimum atomic E-state index is -4.26. The molecule has 2 aliphatic carbocycles. The lowest BCUT2D eigenvalue weighted by Crippen LogP contribution is -2.55. The number of carbonyl (C=O) groups excluding carboxylic acids is 1. The second kappa shape index (κ2) is 14.0. The monoisotopic (exact) mass is 787 g/mol. The van der Waals surface area contributed by atoms with Crippen molar-refractivity contribution in [3.8, 4) is 5.88 Å². The van der Waals surface area contributed by atoms with Gasteiger partial charge in [0.05, 0.1) is 12.7 Å². The van der Waals surface area contributed by atoms with Crippen LogP contribution in [0.5, 0.6) is 5.88 Å². The van der Waals surface area contributed by atoms with E-state index in [9.17, 15) is 4.78 Å². The third-order valence-electron chi connectivity index (χ3n) is 12.4. The fraction of sp³-hybridized carbons (Fsp3) is 0.378. The Morgan fingerprint density at radius 2 is 1.38 bits per heavy atom. The lowest BCUT2D eigenvalue weighted by atomic mass is 9.77. The highest BCUT2D eigenvalue weighted by Gasteiger charge is 2.52. The third kappa shape index (κ3) is 6.37. The van der Waals surface area contributed by atoms with Gasteiger partial charge >= 0.3 is 6.03 Å². The van der Waals surface area contributed by atoms with Crippen molar-refractivity contribution >= 4 is 30.0 Å².